The molecular weight excluding hydrogens is 386 g/mol. The van der Waals surface area contributed by atoms with Crippen molar-refractivity contribution in [2.45, 2.75) is 81.6 Å². The number of hydrogen-bond acceptors (Lipinski definition) is 5. The molecule has 0 radical (unpaired) electrons. The van der Waals surface area contributed by atoms with E-state index in [2.05, 4.69) is 17.2 Å². The molecule has 5 atom stereocenters. The van der Waals surface area contributed by atoms with Gasteiger partial charge in [-0.05, 0) is 76.0 Å². The minimum Gasteiger partial charge on any atom is -0.368 e. The maximum atomic E-state index is 12.7. The lowest BCUT2D eigenvalue weighted by Crippen LogP contribution is -2.45. The molecule has 5 rings (SSSR count). The summed E-state index contributed by atoms with van der Waals surface area (Å²) in [5.74, 6) is 2.32. The van der Waals surface area contributed by atoms with Crippen LogP contribution in [0.25, 0.3) is 0 Å². The summed E-state index contributed by atoms with van der Waals surface area (Å²) in [6, 6.07) is 0.516. The Balaban J connectivity index is 1.11. The molecule has 2 amide bonds. The second-order valence-corrected chi connectivity index (χ2v) is 11.4. The van der Waals surface area contributed by atoms with E-state index in [0.29, 0.717) is 18.6 Å². The van der Waals surface area contributed by atoms with E-state index in [1.54, 1.807) is 11.8 Å². The molecule has 29 heavy (non-hydrogen) atoms. The SMILES string of the molecule is CC1(CC2CCN(C(=O)[C@@H]3CCCO3)CC2)SC(N[C@H]2C[C@H]3CC[C@H]2C3)=NC1=O. The molecular formula is C22H33N3O3S. The Bertz CT molecular complexity index is 699. The van der Waals surface area contributed by atoms with Crippen LogP contribution in [0.15, 0.2) is 4.99 Å². The Kier molecular flexibility index (Phi) is 5.39. The number of likely N-dealkylation sites (tertiary alicyclic amines) is 1. The number of rotatable bonds is 4. The van der Waals surface area contributed by atoms with Crippen molar-refractivity contribution in [3.63, 3.8) is 0 Å². The first kappa shape index (κ1) is 19.9. The number of amides is 2. The summed E-state index contributed by atoms with van der Waals surface area (Å²) in [5.41, 5.74) is 0. The molecule has 2 bridgehead atoms. The van der Waals surface area contributed by atoms with Gasteiger partial charge in [-0.3, -0.25) is 9.59 Å². The summed E-state index contributed by atoms with van der Waals surface area (Å²) in [5, 5.41) is 4.46. The van der Waals surface area contributed by atoms with Gasteiger partial charge in [0.05, 0.1) is 0 Å². The molecule has 0 aromatic carbocycles. The lowest BCUT2D eigenvalue weighted by molar-refractivity contribution is -0.142. The second kappa shape index (κ2) is 7.88. The molecule has 5 aliphatic rings. The topological polar surface area (TPSA) is 71.0 Å². The van der Waals surface area contributed by atoms with Gasteiger partial charge in [0.2, 0.25) is 0 Å². The monoisotopic (exact) mass is 419 g/mol. The van der Waals surface area contributed by atoms with E-state index in [1.165, 1.54) is 25.7 Å². The third-order valence-corrected chi connectivity index (χ3v) is 9.03. The largest absolute Gasteiger partial charge is 0.368 e. The average molecular weight is 420 g/mol. The summed E-state index contributed by atoms with van der Waals surface area (Å²) in [7, 11) is 0. The lowest BCUT2D eigenvalue weighted by Gasteiger charge is -2.35. The Labute approximate surface area is 177 Å². The summed E-state index contributed by atoms with van der Waals surface area (Å²) >= 11 is 1.65. The Hall–Kier alpha value is -1.08. The molecule has 1 N–H and O–H groups in total. The van der Waals surface area contributed by atoms with Crippen molar-refractivity contribution in [3.05, 3.63) is 0 Å². The van der Waals surface area contributed by atoms with Crippen molar-refractivity contribution in [1.82, 2.24) is 10.2 Å². The van der Waals surface area contributed by atoms with Gasteiger partial charge in [0, 0.05) is 25.7 Å². The molecule has 4 fully saturated rings. The Morgan fingerprint density at radius 1 is 1.24 bits per heavy atom. The minimum absolute atomic E-state index is 0.0195. The van der Waals surface area contributed by atoms with E-state index in [0.717, 1.165) is 62.2 Å². The predicted molar refractivity (Wildman–Crippen MR) is 114 cm³/mol. The van der Waals surface area contributed by atoms with Gasteiger partial charge >= 0.3 is 0 Å². The van der Waals surface area contributed by atoms with Gasteiger partial charge in [-0.2, -0.15) is 4.99 Å². The molecule has 7 heteroatoms. The number of amidine groups is 1. The third kappa shape index (κ3) is 3.97. The van der Waals surface area contributed by atoms with Crippen molar-refractivity contribution >= 4 is 28.7 Å². The van der Waals surface area contributed by atoms with Crippen LogP contribution in [0.3, 0.4) is 0 Å². The van der Waals surface area contributed by atoms with E-state index >= 15 is 0 Å². The molecule has 160 valence electrons. The van der Waals surface area contributed by atoms with Crippen LogP contribution in [0.2, 0.25) is 0 Å². The second-order valence-electron chi connectivity index (χ2n) is 9.96. The number of carbonyl (C=O) groups excluding carboxylic acids is 2. The maximum absolute atomic E-state index is 12.7. The zero-order chi connectivity index (χ0) is 20.0. The first-order valence-corrected chi connectivity index (χ1v) is 12.3. The van der Waals surface area contributed by atoms with Crippen LogP contribution < -0.4 is 5.32 Å². The Morgan fingerprint density at radius 3 is 2.72 bits per heavy atom. The van der Waals surface area contributed by atoms with Gasteiger partial charge in [-0.1, -0.05) is 18.2 Å². The van der Waals surface area contributed by atoms with Crippen LogP contribution in [0.5, 0.6) is 0 Å². The van der Waals surface area contributed by atoms with E-state index in [-0.39, 0.29) is 17.9 Å². The number of ether oxygens (including phenoxy) is 1. The first-order chi connectivity index (χ1) is 14.0. The van der Waals surface area contributed by atoms with Gasteiger partial charge in [-0.25, -0.2) is 0 Å². The smallest absolute Gasteiger partial charge is 0.264 e. The van der Waals surface area contributed by atoms with Gasteiger partial charge in [-0.15, -0.1) is 0 Å². The average Bonchev–Trinajstić information content (AvgIpc) is 3.48. The number of thioether (sulfide) groups is 1. The molecule has 0 aromatic rings. The van der Waals surface area contributed by atoms with Crippen molar-refractivity contribution in [2.24, 2.45) is 22.7 Å². The molecule has 2 aliphatic carbocycles. The van der Waals surface area contributed by atoms with Crippen molar-refractivity contribution in [3.8, 4) is 0 Å². The predicted octanol–water partition coefficient (Wildman–Crippen LogP) is 2.96. The third-order valence-electron chi connectivity index (χ3n) is 7.83. The fourth-order valence-electron chi connectivity index (χ4n) is 6.15. The number of aliphatic imine (C=N–C) groups is 1. The zero-order valence-electron chi connectivity index (χ0n) is 17.4. The molecule has 1 unspecified atom stereocenters. The van der Waals surface area contributed by atoms with Gasteiger partial charge in [0.25, 0.3) is 11.8 Å². The number of nitrogens with zero attached hydrogens (tertiary/aromatic N) is 2. The van der Waals surface area contributed by atoms with Crippen molar-refractivity contribution in [1.29, 1.82) is 0 Å². The standard InChI is InChI=1S/C22H33N3O3S/c1-22(13-14-6-8-25(9-7-14)19(26)18-3-2-10-28-18)20(27)24-21(29-22)23-17-12-15-4-5-16(17)11-15/h14-18H,2-13H2,1H3,(H,23,24,27)/t15-,16-,17-,18-,22?/m0/s1. The normalized spacial score (nSPS) is 40.0. The van der Waals surface area contributed by atoms with E-state index < -0.39 is 4.75 Å². The van der Waals surface area contributed by atoms with Crippen LogP contribution >= 0.6 is 11.8 Å². The fraction of sp³-hybridized carbons (Fsp3) is 0.864. The van der Waals surface area contributed by atoms with Gasteiger partial charge in [0.15, 0.2) is 5.17 Å². The molecule has 3 heterocycles. The number of fused-ring (bicyclic) bond motifs is 2. The number of piperidine rings is 1. The Morgan fingerprint density at radius 2 is 2.07 bits per heavy atom. The molecule has 2 saturated carbocycles. The zero-order valence-corrected chi connectivity index (χ0v) is 18.2. The number of nitrogens with one attached hydrogen (secondary N) is 1. The van der Waals surface area contributed by atoms with Crippen LogP contribution in [-0.2, 0) is 14.3 Å². The molecule has 0 aromatic heterocycles. The van der Waals surface area contributed by atoms with Crippen LogP contribution in [0.1, 0.15) is 64.7 Å². The van der Waals surface area contributed by atoms with Gasteiger partial charge < -0.3 is 15.0 Å². The van der Waals surface area contributed by atoms with E-state index in [4.69, 9.17) is 4.74 Å². The highest BCUT2D eigenvalue weighted by molar-refractivity contribution is 8.16. The highest BCUT2D eigenvalue weighted by atomic mass is 32.2. The highest BCUT2D eigenvalue weighted by Crippen LogP contribution is 2.46. The van der Waals surface area contributed by atoms with Crippen LogP contribution in [0, 0.1) is 17.8 Å². The fourth-order valence-corrected chi connectivity index (χ4v) is 7.36. The maximum Gasteiger partial charge on any atom is 0.264 e. The summed E-state index contributed by atoms with van der Waals surface area (Å²) in [4.78, 5) is 31.6. The minimum atomic E-state index is -0.453. The van der Waals surface area contributed by atoms with Gasteiger partial charge in [0.1, 0.15) is 10.9 Å². The van der Waals surface area contributed by atoms with E-state index in [9.17, 15) is 9.59 Å². The number of hydrogen-bond donors (Lipinski definition) is 1. The molecule has 3 aliphatic heterocycles. The van der Waals surface area contributed by atoms with Crippen LogP contribution in [0.4, 0.5) is 0 Å². The summed E-state index contributed by atoms with van der Waals surface area (Å²) < 4.78 is 5.10. The molecule has 2 saturated heterocycles. The summed E-state index contributed by atoms with van der Waals surface area (Å²) in [6.45, 7) is 4.34. The quantitative estimate of drug-likeness (QED) is 0.759. The molecule has 0 spiro atoms. The molecule has 6 nitrogen and oxygen atoms in total. The van der Waals surface area contributed by atoms with Crippen LogP contribution in [-0.4, -0.2) is 58.5 Å². The van der Waals surface area contributed by atoms with Crippen molar-refractivity contribution in [2.75, 3.05) is 19.7 Å². The highest BCUT2D eigenvalue weighted by Gasteiger charge is 2.46. The van der Waals surface area contributed by atoms with E-state index in [1.807, 2.05) is 4.90 Å². The number of carbonyl (C=O) groups is 2. The first-order valence-electron chi connectivity index (χ1n) is 11.5. The van der Waals surface area contributed by atoms with Crippen molar-refractivity contribution < 1.29 is 14.3 Å². The lowest BCUT2D eigenvalue weighted by atomic mass is 9.87. The summed E-state index contributed by atoms with van der Waals surface area (Å²) in [6.07, 6.45) is 9.72.